The molecule has 0 radical (unpaired) electrons. The first kappa shape index (κ1) is 24.4. The van der Waals surface area contributed by atoms with E-state index in [-0.39, 0.29) is 13.0 Å². The molecule has 1 amide bonds. The second kappa shape index (κ2) is 11.6. The number of hydrogen-bond donors (Lipinski definition) is 3. The minimum Gasteiger partial charge on any atom is -0.480 e. The molecule has 1 aliphatic heterocycles. The number of ether oxygens (including phenoxy) is 1. The average Bonchev–Trinajstić information content (AvgIpc) is 3.25. The van der Waals surface area contributed by atoms with Crippen molar-refractivity contribution in [2.45, 2.75) is 57.0 Å². The number of carbonyl (C=O) groups excluding carboxylic acids is 1. The van der Waals surface area contributed by atoms with Crippen molar-refractivity contribution in [3.8, 4) is 0 Å². The number of carboxylic acids is 2. The Balaban J connectivity index is 1.58. The quantitative estimate of drug-likeness (QED) is 0.477. The number of aliphatic carboxylic acids is 2. The monoisotopic (exact) mass is 454 g/mol. The van der Waals surface area contributed by atoms with Crippen LogP contribution >= 0.6 is 0 Å². The minimum atomic E-state index is -1.10. The van der Waals surface area contributed by atoms with Gasteiger partial charge < -0.3 is 19.8 Å². The van der Waals surface area contributed by atoms with E-state index in [1.807, 2.05) is 60.7 Å². The molecule has 33 heavy (non-hydrogen) atoms. The molecule has 1 heterocycles. The van der Waals surface area contributed by atoms with E-state index in [1.165, 1.54) is 4.90 Å². The zero-order valence-corrected chi connectivity index (χ0v) is 18.6. The molecule has 2 aromatic carbocycles. The predicted molar refractivity (Wildman–Crippen MR) is 122 cm³/mol. The second-order valence-electron chi connectivity index (χ2n) is 8.30. The molecule has 8 nitrogen and oxygen atoms in total. The van der Waals surface area contributed by atoms with Gasteiger partial charge in [0.05, 0.1) is 18.8 Å². The summed E-state index contributed by atoms with van der Waals surface area (Å²) in [5.74, 6) is -2.59. The van der Waals surface area contributed by atoms with Gasteiger partial charge in [-0.15, -0.1) is 0 Å². The lowest BCUT2D eigenvalue weighted by Gasteiger charge is -2.27. The Hall–Kier alpha value is -3.23. The van der Waals surface area contributed by atoms with Crippen LogP contribution in [-0.2, 0) is 32.1 Å². The Morgan fingerprint density at radius 1 is 1.03 bits per heavy atom. The molecule has 4 atom stereocenters. The van der Waals surface area contributed by atoms with Crippen LogP contribution in [0.25, 0.3) is 0 Å². The minimum absolute atomic E-state index is 0.149. The summed E-state index contributed by atoms with van der Waals surface area (Å²) < 4.78 is 5.86. The van der Waals surface area contributed by atoms with Gasteiger partial charge in [0.1, 0.15) is 12.1 Å². The Morgan fingerprint density at radius 3 is 2.21 bits per heavy atom. The molecule has 2 aromatic rings. The number of benzene rings is 2. The van der Waals surface area contributed by atoms with E-state index in [0.29, 0.717) is 19.4 Å². The van der Waals surface area contributed by atoms with Crippen molar-refractivity contribution < 1.29 is 29.3 Å². The lowest BCUT2D eigenvalue weighted by Crippen LogP contribution is -2.53. The van der Waals surface area contributed by atoms with E-state index in [1.54, 1.807) is 6.92 Å². The van der Waals surface area contributed by atoms with Crippen molar-refractivity contribution >= 4 is 17.8 Å². The fraction of sp³-hybridized carbons (Fsp3) is 0.400. The molecule has 1 aliphatic rings. The van der Waals surface area contributed by atoms with Gasteiger partial charge in [-0.3, -0.25) is 14.9 Å². The third-order valence-electron chi connectivity index (χ3n) is 5.84. The van der Waals surface area contributed by atoms with Crippen LogP contribution in [-0.4, -0.2) is 63.7 Å². The van der Waals surface area contributed by atoms with Gasteiger partial charge in [0.2, 0.25) is 5.91 Å². The number of carboxylic acid groups (broad SMARTS) is 2. The molecule has 3 rings (SSSR count). The molecule has 1 fully saturated rings. The molecule has 0 spiro atoms. The molecular weight excluding hydrogens is 424 g/mol. The topological polar surface area (TPSA) is 116 Å². The van der Waals surface area contributed by atoms with Gasteiger partial charge in [-0.25, -0.2) is 4.79 Å². The van der Waals surface area contributed by atoms with Crippen LogP contribution in [0.4, 0.5) is 0 Å². The van der Waals surface area contributed by atoms with E-state index >= 15 is 0 Å². The van der Waals surface area contributed by atoms with Gasteiger partial charge in [0.15, 0.2) is 0 Å². The standard InChI is InChI=1S/C25H30N2O6/c1-17(26-21(24(29)30)13-12-18-8-4-2-5-9-18)23(28)27-15-20(14-22(27)25(31)32)33-16-19-10-6-3-7-11-19/h2-11,17,20-22,26H,12-16H2,1H3,(H,29,30)(H,31,32)/t17-,20?,21?,22-/m0/s1. The Kier molecular flexibility index (Phi) is 8.57. The molecule has 0 bridgehead atoms. The summed E-state index contributed by atoms with van der Waals surface area (Å²) in [4.78, 5) is 37.9. The Labute approximate surface area is 193 Å². The maximum absolute atomic E-state index is 13.1. The number of rotatable bonds is 11. The molecule has 2 unspecified atom stereocenters. The van der Waals surface area contributed by atoms with E-state index in [2.05, 4.69) is 5.32 Å². The van der Waals surface area contributed by atoms with E-state index < -0.39 is 42.1 Å². The highest BCUT2D eigenvalue weighted by molar-refractivity contribution is 5.88. The summed E-state index contributed by atoms with van der Waals surface area (Å²) in [7, 11) is 0. The number of hydrogen-bond acceptors (Lipinski definition) is 5. The van der Waals surface area contributed by atoms with Gasteiger partial charge in [-0.2, -0.15) is 0 Å². The van der Waals surface area contributed by atoms with Crippen LogP contribution < -0.4 is 5.32 Å². The number of carbonyl (C=O) groups is 3. The normalized spacial score (nSPS) is 19.7. The lowest BCUT2D eigenvalue weighted by atomic mass is 10.0. The molecule has 3 N–H and O–H groups in total. The van der Waals surface area contributed by atoms with Gasteiger partial charge in [0.25, 0.3) is 0 Å². The first-order valence-electron chi connectivity index (χ1n) is 11.1. The van der Waals surface area contributed by atoms with Gasteiger partial charge >= 0.3 is 11.9 Å². The summed E-state index contributed by atoms with van der Waals surface area (Å²) in [6, 6.07) is 16.3. The number of nitrogens with zero attached hydrogens (tertiary/aromatic N) is 1. The highest BCUT2D eigenvalue weighted by atomic mass is 16.5. The van der Waals surface area contributed by atoms with Crippen LogP contribution in [0.1, 0.15) is 30.9 Å². The fourth-order valence-corrected chi connectivity index (χ4v) is 4.04. The highest BCUT2D eigenvalue weighted by Gasteiger charge is 2.42. The molecule has 0 aliphatic carbocycles. The average molecular weight is 455 g/mol. The first-order chi connectivity index (χ1) is 15.8. The summed E-state index contributed by atoms with van der Waals surface area (Å²) in [6.45, 7) is 2.04. The number of amides is 1. The van der Waals surface area contributed by atoms with Crippen LogP contribution in [0.15, 0.2) is 60.7 Å². The van der Waals surface area contributed by atoms with Crippen molar-refractivity contribution in [2.24, 2.45) is 0 Å². The predicted octanol–water partition coefficient (Wildman–Crippen LogP) is 2.32. The van der Waals surface area contributed by atoms with Crippen LogP contribution in [0.3, 0.4) is 0 Å². The molecule has 176 valence electrons. The van der Waals surface area contributed by atoms with Gasteiger partial charge in [-0.05, 0) is 30.9 Å². The Morgan fingerprint density at radius 2 is 1.64 bits per heavy atom. The SMILES string of the molecule is C[C@H](NC(CCc1ccccc1)C(=O)O)C(=O)N1CC(OCc2ccccc2)C[C@H]1C(=O)O. The van der Waals surface area contributed by atoms with Gasteiger partial charge in [0, 0.05) is 13.0 Å². The molecule has 8 heteroatoms. The smallest absolute Gasteiger partial charge is 0.326 e. The Bertz CT molecular complexity index is 936. The zero-order valence-electron chi connectivity index (χ0n) is 18.6. The van der Waals surface area contributed by atoms with E-state index in [4.69, 9.17) is 4.74 Å². The zero-order chi connectivity index (χ0) is 23.8. The van der Waals surface area contributed by atoms with E-state index in [0.717, 1.165) is 11.1 Å². The molecule has 0 aromatic heterocycles. The second-order valence-corrected chi connectivity index (χ2v) is 8.30. The third-order valence-corrected chi connectivity index (χ3v) is 5.84. The molecular formula is C25H30N2O6. The van der Waals surface area contributed by atoms with Crippen molar-refractivity contribution in [1.29, 1.82) is 0 Å². The summed E-state index contributed by atoms with van der Waals surface area (Å²) in [5, 5.41) is 22.1. The summed E-state index contributed by atoms with van der Waals surface area (Å²) in [5.41, 5.74) is 1.97. The maximum atomic E-state index is 13.1. The first-order valence-corrected chi connectivity index (χ1v) is 11.1. The fourth-order valence-electron chi connectivity index (χ4n) is 4.04. The molecule has 1 saturated heterocycles. The van der Waals surface area contributed by atoms with Crippen molar-refractivity contribution in [1.82, 2.24) is 10.2 Å². The van der Waals surface area contributed by atoms with Gasteiger partial charge in [-0.1, -0.05) is 60.7 Å². The van der Waals surface area contributed by atoms with Crippen LogP contribution in [0.5, 0.6) is 0 Å². The molecule has 0 saturated carbocycles. The van der Waals surface area contributed by atoms with Crippen LogP contribution in [0.2, 0.25) is 0 Å². The summed E-state index contributed by atoms with van der Waals surface area (Å²) in [6.07, 6.45) is 0.637. The van der Waals surface area contributed by atoms with Crippen molar-refractivity contribution in [2.75, 3.05) is 6.54 Å². The number of nitrogens with one attached hydrogen (secondary N) is 1. The third kappa shape index (κ3) is 6.87. The van der Waals surface area contributed by atoms with Crippen molar-refractivity contribution in [3.05, 3.63) is 71.8 Å². The van der Waals surface area contributed by atoms with Crippen molar-refractivity contribution in [3.63, 3.8) is 0 Å². The summed E-state index contributed by atoms with van der Waals surface area (Å²) >= 11 is 0. The maximum Gasteiger partial charge on any atom is 0.326 e. The highest BCUT2D eigenvalue weighted by Crippen LogP contribution is 2.23. The largest absolute Gasteiger partial charge is 0.480 e. The number of likely N-dealkylation sites (tertiary alicyclic amines) is 1. The number of aryl methyl sites for hydroxylation is 1. The van der Waals surface area contributed by atoms with Crippen LogP contribution in [0, 0.1) is 0 Å². The lowest BCUT2D eigenvalue weighted by molar-refractivity contribution is -0.149. The van der Waals surface area contributed by atoms with E-state index in [9.17, 15) is 24.6 Å².